The summed E-state index contributed by atoms with van der Waals surface area (Å²) in [4.78, 5) is 22.4. The van der Waals surface area contributed by atoms with Crippen LogP contribution in [0.3, 0.4) is 0 Å². The van der Waals surface area contributed by atoms with Crippen LogP contribution >= 0.6 is 0 Å². The highest BCUT2D eigenvalue weighted by molar-refractivity contribution is 6.22. The van der Waals surface area contributed by atoms with Gasteiger partial charge in [-0.15, -0.1) is 0 Å². The second kappa shape index (κ2) is 9.54. The minimum atomic E-state index is -4.37. The molecular weight excluding hydrogens is 527 g/mol. The predicted octanol–water partition coefficient (Wildman–Crippen LogP) is 7.31. The summed E-state index contributed by atoms with van der Waals surface area (Å²) in [5.74, 6) is 1.24. The fourth-order valence-electron chi connectivity index (χ4n) is 5.60. The van der Waals surface area contributed by atoms with E-state index < -0.39 is 11.7 Å². The van der Waals surface area contributed by atoms with E-state index in [9.17, 15) is 18.0 Å². The Balaban J connectivity index is 1.39. The maximum Gasteiger partial charge on any atom is 0.416 e. The molecule has 2 aliphatic heterocycles. The van der Waals surface area contributed by atoms with Gasteiger partial charge in [0.05, 0.1) is 23.3 Å². The van der Waals surface area contributed by atoms with Crippen LogP contribution in [0.4, 0.5) is 30.4 Å². The zero-order chi connectivity index (χ0) is 29.1. The van der Waals surface area contributed by atoms with Crippen LogP contribution < -0.4 is 10.2 Å². The largest absolute Gasteiger partial charge is 0.416 e. The first kappa shape index (κ1) is 26.7. The predicted molar refractivity (Wildman–Crippen MR) is 156 cm³/mol. The summed E-state index contributed by atoms with van der Waals surface area (Å²) in [6, 6.07) is 22.7. The smallest absolute Gasteiger partial charge is 0.341 e. The van der Waals surface area contributed by atoms with E-state index in [-0.39, 0.29) is 11.4 Å². The maximum absolute atomic E-state index is 13.8. The van der Waals surface area contributed by atoms with Crippen molar-refractivity contribution in [1.82, 2.24) is 9.47 Å². The average molecular weight is 558 g/mol. The Labute approximate surface area is 236 Å². The van der Waals surface area contributed by atoms with Crippen LogP contribution in [0.25, 0.3) is 11.1 Å². The molecule has 3 aromatic carbocycles. The number of hydrogen-bond acceptors (Lipinski definition) is 4. The molecule has 0 atom stereocenters. The van der Waals surface area contributed by atoms with Gasteiger partial charge in [-0.05, 0) is 61.7 Å². The van der Waals surface area contributed by atoms with Crippen molar-refractivity contribution in [2.24, 2.45) is 4.99 Å². The molecule has 41 heavy (non-hydrogen) atoms. The van der Waals surface area contributed by atoms with E-state index in [2.05, 4.69) is 28.6 Å². The number of carbonyl (C=O) groups is 1. The second-order valence-electron chi connectivity index (χ2n) is 11.2. The van der Waals surface area contributed by atoms with Crippen molar-refractivity contribution >= 4 is 29.1 Å². The monoisotopic (exact) mass is 557 g/mol. The molecule has 0 saturated carbocycles. The summed E-state index contributed by atoms with van der Waals surface area (Å²) >= 11 is 0. The summed E-state index contributed by atoms with van der Waals surface area (Å²) < 4.78 is 41.1. The van der Waals surface area contributed by atoms with Crippen molar-refractivity contribution in [3.8, 4) is 11.1 Å². The Morgan fingerprint density at radius 1 is 0.927 bits per heavy atom. The molecule has 210 valence electrons. The van der Waals surface area contributed by atoms with Gasteiger partial charge in [0, 0.05) is 25.0 Å². The number of nitrogens with one attached hydrogen (secondary N) is 1. The lowest BCUT2D eigenvalue weighted by Crippen LogP contribution is -2.48. The zero-order valence-electron chi connectivity index (χ0n) is 23.3. The van der Waals surface area contributed by atoms with Crippen molar-refractivity contribution in [2.75, 3.05) is 23.8 Å². The van der Waals surface area contributed by atoms with Crippen molar-refractivity contribution in [2.45, 2.75) is 39.0 Å². The molecule has 4 aromatic rings. The van der Waals surface area contributed by atoms with Crippen molar-refractivity contribution in [1.29, 1.82) is 0 Å². The van der Waals surface area contributed by atoms with Crippen LogP contribution in [0.5, 0.6) is 0 Å². The lowest BCUT2D eigenvalue weighted by molar-refractivity contribution is -0.137. The molecule has 9 heteroatoms. The van der Waals surface area contributed by atoms with E-state index in [1.807, 2.05) is 61.5 Å². The molecule has 0 spiro atoms. The molecule has 0 fully saturated rings. The number of amides is 1. The van der Waals surface area contributed by atoms with Crippen LogP contribution in [0, 0.1) is 6.92 Å². The molecule has 1 aromatic heterocycles. The molecule has 6 nitrogen and oxygen atoms in total. The van der Waals surface area contributed by atoms with Crippen LogP contribution in [-0.4, -0.2) is 40.5 Å². The highest BCUT2D eigenvalue weighted by atomic mass is 19.4. The van der Waals surface area contributed by atoms with Gasteiger partial charge in [-0.25, -0.2) is 4.99 Å². The van der Waals surface area contributed by atoms with Gasteiger partial charge in [0.1, 0.15) is 11.4 Å². The van der Waals surface area contributed by atoms with Gasteiger partial charge >= 0.3 is 6.18 Å². The molecule has 2 aliphatic rings. The number of halogens is 3. The van der Waals surface area contributed by atoms with Crippen LogP contribution in [0.1, 0.15) is 41.0 Å². The van der Waals surface area contributed by atoms with Crippen molar-refractivity contribution < 1.29 is 18.0 Å². The number of hydrogen-bond donors (Lipinski definition) is 1. The van der Waals surface area contributed by atoms with Crippen LogP contribution in [0.2, 0.25) is 0 Å². The number of alkyl halides is 3. The number of fused-ring (bicyclic) bond motifs is 3. The number of rotatable bonds is 5. The van der Waals surface area contributed by atoms with Gasteiger partial charge in [-0.3, -0.25) is 9.69 Å². The summed E-state index contributed by atoms with van der Waals surface area (Å²) in [5, 5.41) is 3.51. The first-order valence-electron chi connectivity index (χ1n) is 13.4. The Kier molecular flexibility index (Phi) is 6.21. The molecule has 0 radical (unpaired) electrons. The molecular formula is C32H30F3N5O. The number of nitrogens with zero attached hydrogens (tertiary/aromatic N) is 4. The molecule has 3 heterocycles. The number of carbonyl (C=O) groups excluding carboxylic acids is 1. The Morgan fingerprint density at radius 3 is 2.15 bits per heavy atom. The third kappa shape index (κ3) is 4.75. The SMILES string of the molecule is Cc1c2c(c(Nc3ccccc3)n1Cc1ccc(-c3ccc(C(F)(F)F)cc3)cc1)C(=O)N(C)C1=NC(C)(C)CN12. The lowest BCUT2D eigenvalue weighted by Gasteiger charge is -2.32. The number of anilines is 3. The fourth-order valence-corrected chi connectivity index (χ4v) is 5.60. The molecule has 0 saturated heterocycles. The number of aromatic nitrogens is 1. The summed E-state index contributed by atoms with van der Waals surface area (Å²) in [6.45, 7) is 7.29. The zero-order valence-corrected chi connectivity index (χ0v) is 23.3. The third-order valence-electron chi connectivity index (χ3n) is 7.65. The van der Waals surface area contributed by atoms with Gasteiger partial charge in [-0.2, -0.15) is 13.2 Å². The number of benzene rings is 3. The first-order chi connectivity index (χ1) is 19.4. The van der Waals surface area contributed by atoms with Gasteiger partial charge < -0.3 is 14.8 Å². The highest BCUT2D eigenvalue weighted by Crippen LogP contribution is 2.43. The summed E-state index contributed by atoms with van der Waals surface area (Å²) in [7, 11) is 1.76. The van der Waals surface area contributed by atoms with Gasteiger partial charge in [-0.1, -0.05) is 54.6 Å². The van der Waals surface area contributed by atoms with E-state index in [0.29, 0.717) is 36.0 Å². The highest BCUT2D eigenvalue weighted by Gasteiger charge is 2.45. The van der Waals surface area contributed by atoms with Crippen molar-refractivity contribution in [3.63, 3.8) is 0 Å². The first-order valence-corrected chi connectivity index (χ1v) is 13.4. The lowest BCUT2D eigenvalue weighted by atomic mass is 10.0. The average Bonchev–Trinajstić information content (AvgIpc) is 3.41. The Morgan fingerprint density at radius 2 is 1.54 bits per heavy atom. The molecule has 0 bridgehead atoms. The maximum atomic E-state index is 13.8. The number of para-hydroxylation sites is 1. The molecule has 1 N–H and O–H groups in total. The molecule has 0 aliphatic carbocycles. The number of guanidine groups is 1. The van der Waals surface area contributed by atoms with Gasteiger partial charge in [0.2, 0.25) is 5.96 Å². The minimum Gasteiger partial charge on any atom is -0.341 e. The quantitative estimate of drug-likeness (QED) is 0.280. The van der Waals surface area contributed by atoms with Crippen molar-refractivity contribution in [3.05, 3.63) is 101 Å². The second-order valence-corrected chi connectivity index (χ2v) is 11.2. The number of aliphatic imine (C=N–C) groups is 1. The van der Waals surface area contributed by atoms with E-state index in [4.69, 9.17) is 4.99 Å². The standard InChI is InChI=1S/C32H30F3N5O/c1-20-27-26(29(41)38(4)30-37-31(2,3)19-40(27)30)28(36-25-8-6-5-7-9-25)39(20)18-21-10-12-22(13-11-21)23-14-16-24(17-15-23)32(33,34)35/h5-17,36H,18-19H2,1-4H3. The topological polar surface area (TPSA) is 52.9 Å². The molecule has 1 amide bonds. The van der Waals surface area contributed by atoms with Gasteiger partial charge in [0.15, 0.2) is 0 Å². The minimum absolute atomic E-state index is 0.120. The Bertz CT molecular complexity index is 1650. The summed E-state index contributed by atoms with van der Waals surface area (Å²) in [6.07, 6.45) is -4.37. The Hall–Kier alpha value is -4.53. The van der Waals surface area contributed by atoms with Gasteiger partial charge in [0.25, 0.3) is 5.91 Å². The van der Waals surface area contributed by atoms with E-state index in [1.165, 1.54) is 12.1 Å². The van der Waals surface area contributed by atoms with E-state index in [1.54, 1.807) is 11.9 Å². The third-order valence-corrected chi connectivity index (χ3v) is 7.65. The normalized spacial score (nSPS) is 16.0. The fraction of sp³-hybridized carbons (Fsp3) is 0.250. The van der Waals surface area contributed by atoms with E-state index in [0.717, 1.165) is 40.3 Å². The van der Waals surface area contributed by atoms with Crippen LogP contribution in [0.15, 0.2) is 83.9 Å². The molecule has 0 unspecified atom stereocenters. The van der Waals surface area contributed by atoms with E-state index >= 15 is 0 Å². The molecule has 6 rings (SSSR count). The summed E-state index contributed by atoms with van der Waals surface area (Å²) in [5.41, 5.74) is 4.79. The van der Waals surface area contributed by atoms with Crippen LogP contribution in [-0.2, 0) is 12.7 Å².